The van der Waals surface area contributed by atoms with Gasteiger partial charge in [-0.05, 0) is 30.5 Å². The predicted octanol–water partition coefficient (Wildman–Crippen LogP) is 3.46. The van der Waals surface area contributed by atoms with Gasteiger partial charge in [0.1, 0.15) is 11.6 Å². The standard InChI is InChI=1S/C20H23F3N4O3/c1-29-13-5-2-4-12(8-13)15-9-17(20(21,22)23)27-18(25-15)10-16(26-27)19(28)24-11-14-6-3-7-30-14/h2,4-5,8,10,14-15,17,25H,3,6-7,9,11H2,1H3,(H,24,28)/t14-,15+,17+/m0/s1. The molecule has 3 heterocycles. The van der Waals surface area contributed by atoms with Crippen LogP contribution in [0.15, 0.2) is 30.3 Å². The molecular weight excluding hydrogens is 401 g/mol. The van der Waals surface area contributed by atoms with Crippen LogP contribution in [0.2, 0.25) is 0 Å². The highest BCUT2D eigenvalue weighted by molar-refractivity contribution is 5.93. The molecule has 4 rings (SSSR count). The van der Waals surface area contributed by atoms with E-state index >= 15 is 0 Å². The van der Waals surface area contributed by atoms with Crippen LogP contribution in [0.4, 0.5) is 19.0 Å². The van der Waals surface area contributed by atoms with Gasteiger partial charge in [-0.15, -0.1) is 0 Å². The molecule has 1 aromatic heterocycles. The van der Waals surface area contributed by atoms with Crippen LogP contribution < -0.4 is 15.4 Å². The first-order valence-electron chi connectivity index (χ1n) is 9.81. The van der Waals surface area contributed by atoms with E-state index in [9.17, 15) is 18.0 Å². The van der Waals surface area contributed by atoms with Crippen molar-refractivity contribution in [2.45, 2.75) is 43.6 Å². The molecule has 0 saturated carbocycles. The summed E-state index contributed by atoms with van der Waals surface area (Å²) in [6.45, 7) is 0.964. The number of nitrogens with one attached hydrogen (secondary N) is 2. The van der Waals surface area contributed by atoms with Gasteiger partial charge in [0.05, 0.1) is 19.3 Å². The SMILES string of the molecule is COc1cccc([C@H]2C[C@H](C(F)(F)F)n3nc(C(=O)NC[C@@H]4CCCO4)cc3N2)c1. The van der Waals surface area contributed by atoms with Crippen molar-refractivity contribution >= 4 is 11.7 Å². The molecule has 2 aromatic rings. The summed E-state index contributed by atoms with van der Waals surface area (Å²) in [6.07, 6.45) is -3.04. The first-order chi connectivity index (χ1) is 14.3. The molecule has 1 aromatic carbocycles. The molecule has 2 aliphatic rings. The number of fused-ring (bicyclic) bond motifs is 1. The highest BCUT2D eigenvalue weighted by Crippen LogP contribution is 2.43. The van der Waals surface area contributed by atoms with Crippen LogP contribution in [-0.2, 0) is 4.74 Å². The van der Waals surface area contributed by atoms with Gasteiger partial charge < -0.3 is 20.1 Å². The maximum atomic E-state index is 13.8. The Hall–Kier alpha value is -2.75. The zero-order valence-electron chi connectivity index (χ0n) is 16.4. The number of anilines is 1. The third kappa shape index (κ3) is 4.23. The molecule has 0 bridgehead atoms. The van der Waals surface area contributed by atoms with Gasteiger partial charge in [-0.3, -0.25) is 4.79 Å². The van der Waals surface area contributed by atoms with Crippen LogP contribution >= 0.6 is 0 Å². The molecule has 2 N–H and O–H groups in total. The molecule has 30 heavy (non-hydrogen) atoms. The first-order valence-corrected chi connectivity index (χ1v) is 9.81. The summed E-state index contributed by atoms with van der Waals surface area (Å²) >= 11 is 0. The molecule has 7 nitrogen and oxygen atoms in total. The maximum absolute atomic E-state index is 13.8. The third-order valence-corrected chi connectivity index (χ3v) is 5.43. The van der Waals surface area contributed by atoms with Crippen molar-refractivity contribution in [3.63, 3.8) is 0 Å². The number of ether oxygens (including phenoxy) is 2. The number of hydrogen-bond acceptors (Lipinski definition) is 5. The zero-order chi connectivity index (χ0) is 21.3. The van der Waals surface area contributed by atoms with Crippen LogP contribution in [0, 0.1) is 0 Å². The maximum Gasteiger partial charge on any atom is 0.410 e. The molecule has 3 atom stereocenters. The molecule has 0 aliphatic carbocycles. The summed E-state index contributed by atoms with van der Waals surface area (Å²) in [5.41, 5.74) is 0.608. The lowest BCUT2D eigenvalue weighted by atomic mass is 9.97. The van der Waals surface area contributed by atoms with Crippen molar-refractivity contribution in [1.82, 2.24) is 15.1 Å². The highest BCUT2D eigenvalue weighted by atomic mass is 19.4. The fourth-order valence-electron chi connectivity index (χ4n) is 3.86. The van der Waals surface area contributed by atoms with Gasteiger partial charge in [-0.25, -0.2) is 4.68 Å². The number of hydrogen-bond donors (Lipinski definition) is 2. The highest BCUT2D eigenvalue weighted by Gasteiger charge is 2.46. The number of amides is 1. The van der Waals surface area contributed by atoms with E-state index in [4.69, 9.17) is 9.47 Å². The van der Waals surface area contributed by atoms with Crippen molar-refractivity contribution in [2.24, 2.45) is 0 Å². The van der Waals surface area contributed by atoms with Crippen molar-refractivity contribution in [2.75, 3.05) is 25.6 Å². The second kappa shape index (κ2) is 8.17. The van der Waals surface area contributed by atoms with Gasteiger partial charge in [0.15, 0.2) is 11.7 Å². The van der Waals surface area contributed by atoms with Crippen LogP contribution in [0.5, 0.6) is 5.75 Å². The molecule has 2 aliphatic heterocycles. The first kappa shape index (κ1) is 20.5. The van der Waals surface area contributed by atoms with Crippen LogP contribution in [0.25, 0.3) is 0 Å². The number of rotatable bonds is 5. The van der Waals surface area contributed by atoms with Gasteiger partial charge in [0.25, 0.3) is 5.91 Å². The van der Waals surface area contributed by atoms with Crippen molar-refractivity contribution in [3.05, 3.63) is 41.6 Å². The number of halogens is 3. The number of carbonyl (C=O) groups excluding carboxylic acids is 1. The molecule has 0 spiro atoms. The second-order valence-corrected chi connectivity index (χ2v) is 7.47. The van der Waals surface area contributed by atoms with E-state index in [1.165, 1.54) is 13.2 Å². The third-order valence-electron chi connectivity index (χ3n) is 5.43. The molecule has 0 unspecified atom stereocenters. The Morgan fingerprint density at radius 3 is 2.93 bits per heavy atom. The Morgan fingerprint density at radius 2 is 2.23 bits per heavy atom. The van der Waals surface area contributed by atoms with Crippen molar-refractivity contribution < 1.29 is 27.4 Å². The minimum absolute atomic E-state index is 0.0592. The van der Waals surface area contributed by atoms with Gasteiger partial charge in [0.2, 0.25) is 0 Å². The smallest absolute Gasteiger partial charge is 0.410 e. The van der Waals surface area contributed by atoms with Crippen LogP contribution in [0.1, 0.15) is 47.4 Å². The van der Waals surface area contributed by atoms with Gasteiger partial charge in [-0.1, -0.05) is 12.1 Å². The molecule has 0 radical (unpaired) electrons. The lowest BCUT2D eigenvalue weighted by Gasteiger charge is -2.33. The van der Waals surface area contributed by atoms with E-state index in [-0.39, 0.29) is 24.0 Å². The number of methoxy groups -OCH3 is 1. The summed E-state index contributed by atoms with van der Waals surface area (Å²) in [5.74, 6) is 0.192. The quantitative estimate of drug-likeness (QED) is 0.769. The van der Waals surface area contributed by atoms with E-state index in [0.29, 0.717) is 24.5 Å². The number of alkyl halides is 3. The predicted molar refractivity (Wildman–Crippen MR) is 103 cm³/mol. The van der Waals surface area contributed by atoms with Crippen molar-refractivity contribution in [1.29, 1.82) is 0 Å². The second-order valence-electron chi connectivity index (χ2n) is 7.47. The van der Waals surface area contributed by atoms with Gasteiger partial charge >= 0.3 is 6.18 Å². The van der Waals surface area contributed by atoms with E-state index in [1.807, 2.05) is 0 Å². The summed E-state index contributed by atoms with van der Waals surface area (Å²) < 4.78 is 52.9. The normalized spacial score (nSPS) is 23.5. The van der Waals surface area contributed by atoms with Crippen LogP contribution in [0.3, 0.4) is 0 Å². The number of nitrogens with zero attached hydrogens (tertiary/aromatic N) is 2. The molecule has 1 fully saturated rings. The van der Waals surface area contributed by atoms with E-state index in [0.717, 1.165) is 17.5 Å². The monoisotopic (exact) mass is 424 g/mol. The fourth-order valence-corrected chi connectivity index (χ4v) is 3.86. The minimum atomic E-state index is -4.51. The summed E-state index contributed by atoms with van der Waals surface area (Å²) in [4.78, 5) is 12.4. The molecule has 1 saturated heterocycles. The summed E-state index contributed by atoms with van der Waals surface area (Å²) in [6, 6.07) is 5.82. The molecule has 10 heteroatoms. The summed E-state index contributed by atoms with van der Waals surface area (Å²) in [5, 5.41) is 9.74. The average Bonchev–Trinajstić information content (AvgIpc) is 3.40. The van der Waals surface area contributed by atoms with Gasteiger partial charge in [-0.2, -0.15) is 18.3 Å². The number of aromatic nitrogens is 2. The Kier molecular flexibility index (Phi) is 5.59. The van der Waals surface area contributed by atoms with Crippen LogP contribution in [-0.4, -0.2) is 48.2 Å². The molecular formula is C20H23F3N4O3. The molecule has 1 amide bonds. The Bertz CT molecular complexity index is 909. The summed E-state index contributed by atoms with van der Waals surface area (Å²) in [7, 11) is 1.50. The van der Waals surface area contributed by atoms with Crippen molar-refractivity contribution in [3.8, 4) is 5.75 Å². The topological polar surface area (TPSA) is 77.4 Å². The minimum Gasteiger partial charge on any atom is -0.497 e. The Labute approximate surface area is 171 Å². The van der Waals surface area contributed by atoms with Gasteiger partial charge in [0, 0.05) is 25.6 Å². The largest absolute Gasteiger partial charge is 0.497 e. The van der Waals surface area contributed by atoms with E-state index in [2.05, 4.69) is 15.7 Å². The average molecular weight is 424 g/mol. The fraction of sp³-hybridized carbons (Fsp3) is 0.500. The van der Waals surface area contributed by atoms with E-state index < -0.39 is 24.2 Å². The number of benzene rings is 1. The lowest BCUT2D eigenvalue weighted by molar-refractivity contribution is -0.173. The Balaban J connectivity index is 1.57. The zero-order valence-corrected chi connectivity index (χ0v) is 16.4. The lowest BCUT2D eigenvalue weighted by Crippen LogP contribution is -2.36. The molecule has 162 valence electrons. The number of carbonyl (C=O) groups is 1. The van der Waals surface area contributed by atoms with E-state index in [1.54, 1.807) is 24.3 Å². The Morgan fingerprint density at radius 1 is 1.40 bits per heavy atom.